The number of benzene rings is 1. The third-order valence-corrected chi connectivity index (χ3v) is 6.27. The lowest BCUT2D eigenvalue weighted by molar-refractivity contribution is 0.277. The van der Waals surface area contributed by atoms with Crippen molar-refractivity contribution >= 4 is 10.9 Å². The summed E-state index contributed by atoms with van der Waals surface area (Å²) in [6, 6.07) is 9.08. The summed E-state index contributed by atoms with van der Waals surface area (Å²) in [7, 11) is 0. The summed E-state index contributed by atoms with van der Waals surface area (Å²) >= 11 is 0. The van der Waals surface area contributed by atoms with Crippen molar-refractivity contribution in [2.45, 2.75) is 65.3 Å². The van der Waals surface area contributed by atoms with E-state index in [4.69, 9.17) is 4.74 Å². The summed E-state index contributed by atoms with van der Waals surface area (Å²) in [4.78, 5) is 9.06. The lowest BCUT2D eigenvalue weighted by Gasteiger charge is -2.16. The molecule has 8 heteroatoms. The van der Waals surface area contributed by atoms with Gasteiger partial charge in [-0.2, -0.15) is 0 Å². The second kappa shape index (κ2) is 9.06. The van der Waals surface area contributed by atoms with Gasteiger partial charge in [0, 0.05) is 34.5 Å². The van der Waals surface area contributed by atoms with Crippen LogP contribution in [0.5, 0.6) is 6.01 Å². The van der Waals surface area contributed by atoms with Gasteiger partial charge in [-0.1, -0.05) is 13.8 Å². The molecule has 1 aliphatic rings. The number of fused-ring (bicyclic) bond motifs is 3. The zero-order valence-electron chi connectivity index (χ0n) is 18.8. The van der Waals surface area contributed by atoms with E-state index in [-0.39, 0.29) is 0 Å². The van der Waals surface area contributed by atoms with Gasteiger partial charge in [-0.3, -0.25) is 0 Å². The maximum absolute atomic E-state index is 5.95. The Morgan fingerprint density at radius 3 is 2.56 bits per heavy atom. The highest BCUT2D eigenvalue weighted by atomic mass is 16.5. The van der Waals surface area contributed by atoms with Crippen LogP contribution in [0.4, 0.5) is 0 Å². The Morgan fingerprint density at radius 1 is 1.00 bits per heavy atom. The molecule has 5 rings (SSSR count). The van der Waals surface area contributed by atoms with Crippen LogP contribution >= 0.6 is 0 Å². The first-order valence-electron chi connectivity index (χ1n) is 11.6. The van der Waals surface area contributed by atoms with Crippen LogP contribution in [0, 0.1) is 0 Å². The van der Waals surface area contributed by atoms with Gasteiger partial charge in [-0.05, 0) is 85.2 Å². The maximum atomic E-state index is 5.95. The van der Waals surface area contributed by atoms with Gasteiger partial charge in [0.05, 0.1) is 12.3 Å². The topological polar surface area (TPSA) is 83.5 Å². The summed E-state index contributed by atoms with van der Waals surface area (Å²) < 4.78 is 10.2. The Morgan fingerprint density at radius 2 is 1.81 bits per heavy atom. The second-order valence-electron chi connectivity index (χ2n) is 8.28. The molecule has 1 aromatic carbocycles. The second-order valence-corrected chi connectivity index (χ2v) is 8.28. The number of aromatic nitrogens is 7. The molecule has 8 nitrogen and oxygen atoms in total. The zero-order chi connectivity index (χ0) is 21.9. The minimum Gasteiger partial charge on any atom is -0.463 e. The van der Waals surface area contributed by atoms with Gasteiger partial charge in [-0.15, -0.1) is 5.10 Å². The molecule has 0 atom stereocenters. The van der Waals surface area contributed by atoms with Gasteiger partial charge < -0.3 is 9.30 Å². The molecule has 3 heterocycles. The SMILES string of the molecule is CCc1cc(CC)nc(OCCCn2c3c(c4cc(-n5cnnn5)ccc42)CCCC3)n1. The molecule has 0 unspecified atom stereocenters. The zero-order valence-corrected chi connectivity index (χ0v) is 18.8. The van der Waals surface area contributed by atoms with Gasteiger partial charge in [0.2, 0.25) is 0 Å². The Bertz CT molecular complexity index is 1190. The van der Waals surface area contributed by atoms with Crippen LogP contribution in [0.1, 0.15) is 55.8 Å². The van der Waals surface area contributed by atoms with Crippen LogP contribution in [0.25, 0.3) is 16.6 Å². The lowest BCUT2D eigenvalue weighted by Crippen LogP contribution is -2.11. The first-order chi connectivity index (χ1) is 15.8. The molecule has 166 valence electrons. The van der Waals surface area contributed by atoms with Crippen molar-refractivity contribution in [1.29, 1.82) is 0 Å². The van der Waals surface area contributed by atoms with Crippen molar-refractivity contribution in [3.8, 4) is 11.7 Å². The van der Waals surface area contributed by atoms with E-state index < -0.39 is 0 Å². The number of hydrogen-bond acceptors (Lipinski definition) is 6. The molecule has 0 spiro atoms. The summed E-state index contributed by atoms with van der Waals surface area (Å²) in [6.45, 7) is 5.74. The minimum atomic E-state index is 0.506. The van der Waals surface area contributed by atoms with E-state index in [9.17, 15) is 0 Å². The average molecular weight is 432 g/mol. The normalized spacial score (nSPS) is 13.4. The summed E-state index contributed by atoms with van der Waals surface area (Å²) in [6.07, 6.45) is 9.08. The van der Waals surface area contributed by atoms with E-state index in [0.29, 0.717) is 12.6 Å². The number of nitrogens with zero attached hydrogens (tertiary/aromatic N) is 7. The van der Waals surface area contributed by atoms with Crippen molar-refractivity contribution in [3.63, 3.8) is 0 Å². The van der Waals surface area contributed by atoms with Gasteiger partial charge in [0.15, 0.2) is 0 Å². The number of hydrogen-bond donors (Lipinski definition) is 0. The van der Waals surface area contributed by atoms with E-state index in [1.165, 1.54) is 35.0 Å². The smallest absolute Gasteiger partial charge is 0.316 e. The molecule has 0 bridgehead atoms. The molecular weight excluding hydrogens is 402 g/mol. The van der Waals surface area contributed by atoms with Crippen molar-refractivity contribution < 1.29 is 4.74 Å². The highest BCUT2D eigenvalue weighted by molar-refractivity contribution is 5.87. The van der Waals surface area contributed by atoms with Crippen LogP contribution in [-0.4, -0.2) is 41.3 Å². The fourth-order valence-electron chi connectivity index (χ4n) is 4.64. The molecule has 0 N–H and O–H groups in total. The van der Waals surface area contributed by atoms with E-state index in [1.807, 2.05) is 0 Å². The molecular formula is C24H29N7O. The lowest BCUT2D eigenvalue weighted by atomic mass is 9.95. The Balaban J connectivity index is 1.35. The molecule has 0 amide bonds. The summed E-state index contributed by atoms with van der Waals surface area (Å²) in [5, 5.41) is 12.9. The van der Waals surface area contributed by atoms with Crippen LogP contribution in [0.3, 0.4) is 0 Å². The van der Waals surface area contributed by atoms with Crippen molar-refractivity contribution in [1.82, 2.24) is 34.7 Å². The van der Waals surface area contributed by atoms with E-state index in [1.54, 1.807) is 11.0 Å². The molecule has 0 fully saturated rings. The maximum Gasteiger partial charge on any atom is 0.316 e. The minimum absolute atomic E-state index is 0.506. The monoisotopic (exact) mass is 431 g/mol. The van der Waals surface area contributed by atoms with Gasteiger partial charge >= 0.3 is 6.01 Å². The average Bonchev–Trinajstić information content (AvgIpc) is 3.48. The molecule has 32 heavy (non-hydrogen) atoms. The summed E-state index contributed by atoms with van der Waals surface area (Å²) in [5.74, 6) is 0. The van der Waals surface area contributed by atoms with Gasteiger partial charge in [-0.25, -0.2) is 14.6 Å². The van der Waals surface area contributed by atoms with Crippen LogP contribution in [-0.2, 0) is 32.2 Å². The molecule has 0 saturated heterocycles. The highest BCUT2D eigenvalue weighted by Crippen LogP contribution is 2.33. The molecule has 0 saturated carbocycles. The molecule has 0 radical (unpaired) electrons. The van der Waals surface area contributed by atoms with Crippen molar-refractivity contribution in [2.75, 3.05) is 6.61 Å². The fourth-order valence-corrected chi connectivity index (χ4v) is 4.64. The first-order valence-corrected chi connectivity index (χ1v) is 11.6. The van der Waals surface area contributed by atoms with Crippen LogP contribution < -0.4 is 4.74 Å². The number of rotatable bonds is 8. The Kier molecular flexibility index (Phi) is 5.83. The number of tetrazole rings is 1. The standard InChI is InChI=1S/C24H29N7O/c1-3-17-14-18(4-2)27-24(26-17)32-13-7-12-30-22-9-6-5-8-20(22)21-15-19(10-11-23(21)30)31-16-25-28-29-31/h10-11,14-16H,3-9,12-13H2,1-2H3. The quantitative estimate of drug-likeness (QED) is 0.394. The van der Waals surface area contributed by atoms with Gasteiger partial charge in [0.25, 0.3) is 0 Å². The fraction of sp³-hybridized carbons (Fsp3) is 0.458. The van der Waals surface area contributed by atoms with Crippen molar-refractivity contribution in [2.24, 2.45) is 0 Å². The molecule has 3 aromatic heterocycles. The van der Waals surface area contributed by atoms with E-state index in [0.717, 1.165) is 55.7 Å². The number of ether oxygens (including phenoxy) is 1. The van der Waals surface area contributed by atoms with Crippen LogP contribution in [0.15, 0.2) is 30.6 Å². The first kappa shape index (κ1) is 20.6. The molecule has 4 aromatic rings. The Hall–Kier alpha value is -3.29. The largest absolute Gasteiger partial charge is 0.463 e. The highest BCUT2D eigenvalue weighted by Gasteiger charge is 2.20. The summed E-state index contributed by atoms with van der Waals surface area (Å²) in [5.41, 5.74) is 7.31. The Labute approximate surface area is 187 Å². The third kappa shape index (κ3) is 3.97. The predicted molar refractivity (Wildman–Crippen MR) is 122 cm³/mol. The number of aryl methyl sites for hydroxylation is 4. The van der Waals surface area contributed by atoms with Crippen molar-refractivity contribution in [3.05, 3.63) is 53.2 Å². The third-order valence-electron chi connectivity index (χ3n) is 6.27. The van der Waals surface area contributed by atoms with Crippen LogP contribution in [0.2, 0.25) is 0 Å². The van der Waals surface area contributed by atoms with E-state index >= 15 is 0 Å². The van der Waals surface area contributed by atoms with E-state index in [2.05, 4.69) is 68.2 Å². The predicted octanol–water partition coefficient (Wildman–Crippen LogP) is 3.88. The molecule has 1 aliphatic carbocycles. The molecule has 0 aliphatic heterocycles. The van der Waals surface area contributed by atoms with Gasteiger partial charge in [0.1, 0.15) is 6.33 Å².